The predicted octanol–water partition coefficient (Wildman–Crippen LogP) is 1.65. The van der Waals surface area contributed by atoms with Crippen molar-refractivity contribution in [3.05, 3.63) is 29.8 Å². The molecule has 0 saturated carbocycles. The maximum absolute atomic E-state index is 13.2. The van der Waals surface area contributed by atoms with Gasteiger partial charge in [-0.25, -0.2) is 13.6 Å². The summed E-state index contributed by atoms with van der Waals surface area (Å²) in [5.41, 5.74) is -0.548. The molecule has 0 unspecified atom stereocenters. The number of nitrogens with one attached hydrogen (secondary N) is 2. The zero-order valence-corrected chi connectivity index (χ0v) is 9.63. The van der Waals surface area contributed by atoms with Crippen molar-refractivity contribution >= 4 is 17.7 Å². The van der Waals surface area contributed by atoms with Crippen molar-refractivity contribution in [1.29, 1.82) is 0 Å². The Labute approximate surface area is 102 Å². The number of anilines is 1. The topological polar surface area (TPSA) is 67.4 Å². The van der Waals surface area contributed by atoms with E-state index < -0.39 is 35.9 Å². The van der Waals surface area contributed by atoms with Crippen LogP contribution < -0.4 is 10.6 Å². The van der Waals surface area contributed by atoms with Crippen LogP contribution in [-0.4, -0.2) is 25.2 Å². The van der Waals surface area contributed by atoms with E-state index in [4.69, 9.17) is 0 Å². The number of benzene rings is 1. The van der Waals surface area contributed by atoms with E-state index in [1.807, 2.05) is 5.32 Å². The predicted molar refractivity (Wildman–Crippen MR) is 60.0 cm³/mol. The van der Waals surface area contributed by atoms with E-state index in [-0.39, 0.29) is 6.61 Å². The van der Waals surface area contributed by atoms with Crippen molar-refractivity contribution in [2.24, 2.45) is 0 Å². The van der Waals surface area contributed by atoms with E-state index in [1.54, 1.807) is 6.92 Å². The van der Waals surface area contributed by atoms with Crippen molar-refractivity contribution in [2.75, 3.05) is 18.5 Å². The van der Waals surface area contributed by atoms with Gasteiger partial charge >= 0.3 is 6.09 Å². The molecule has 0 aromatic heterocycles. The molecule has 0 aliphatic heterocycles. The van der Waals surface area contributed by atoms with Gasteiger partial charge in [-0.3, -0.25) is 4.79 Å². The van der Waals surface area contributed by atoms with Crippen LogP contribution in [0.15, 0.2) is 18.2 Å². The average molecular weight is 258 g/mol. The maximum atomic E-state index is 13.2. The fourth-order valence-electron chi connectivity index (χ4n) is 1.14. The van der Waals surface area contributed by atoms with Crippen LogP contribution in [0.5, 0.6) is 0 Å². The van der Waals surface area contributed by atoms with Gasteiger partial charge in [0.15, 0.2) is 0 Å². The summed E-state index contributed by atoms with van der Waals surface area (Å²) in [6, 6.07) is 3.20. The molecule has 98 valence electrons. The minimum Gasteiger partial charge on any atom is -0.450 e. The zero-order chi connectivity index (χ0) is 13.5. The van der Waals surface area contributed by atoms with Crippen LogP contribution in [-0.2, 0) is 9.53 Å². The Bertz CT molecular complexity index is 432. The molecule has 2 N–H and O–H groups in total. The van der Waals surface area contributed by atoms with Gasteiger partial charge in [-0.15, -0.1) is 0 Å². The molecule has 7 heteroatoms. The van der Waals surface area contributed by atoms with Gasteiger partial charge in [0.2, 0.25) is 5.91 Å². The van der Waals surface area contributed by atoms with Crippen molar-refractivity contribution in [1.82, 2.24) is 5.32 Å². The van der Waals surface area contributed by atoms with E-state index in [0.717, 1.165) is 12.1 Å². The third-order valence-corrected chi connectivity index (χ3v) is 1.90. The van der Waals surface area contributed by atoms with Crippen LogP contribution in [0.3, 0.4) is 0 Å². The first-order chi connectivity index (χ1) is 8.54. The number of ether oxygens (including phenoxy) is 1. The number of alkyl carbamates (subject to hydrolysis) is 1. The lowest BCUT2D eigenvalue weighted by molar-refractivity contribution is -0.115. The molecule has 0 aliphatic carbocycles. The summed E-state index contributed by atoms with van der Waals surface area (Å²) in [6.45, 7) is 1.33. The highest BCUT2D eigenvalue weighted by atomic mass is 19.1. The molecule has 0 bridgehead atoms. The maximum Gasteiger partial charge on any atom is 0.407 e. The minimum absolute atomic E-state index is 0.162. The summed E-state index contributed by atoms with van der Waals surface area (Å²) in [5.74, 6) is -2.54. The molecule has 18 heavy (non-hydrogen) atoms. The Morgan fingerprint density at radius 2 is 1.89 bits per heavy atom. The standard InChI is InChI=1S/C11H12F2N2O3/c1-2-18-11(17)14-6-9(16)15-10-7(12)4-3-5-8(10)13/h3-5H,2,6H2,1H3,(H,14,17)(H,15,16). The minimum atomic E-state index is -0.889. The highest BCUT2D eigenvalue weighted by molar-refractivity contribution is 5.94. The number of carbonyl (C=O) groups excluding carboxylic acids is 2. The van der Waals surface area contributed by atoms with Gasteiger partial charge in [0.25, 0.3) is 0 Å². The molecule has 1 aromatic carbocycles. The van der Waals surface area contributed by atoms with Crippen molar-refractivity contribution in [3.63, 3.8) is 0 Å². The highest BCUT2D eigenvalue weighted by Crippen LogP contribution is 2.17. The fraction of sp³-hybridized carbons (Fsp3) is 0.273. The number of halogens is 2. The Kier molecular flexibility index (Phi) is 5.04. The second-order valence-electron chi connectivity index (χ2n) is 3.22. The largest absolute Gasteiger partial charge is 0.450 e. The Morgan fingerprint density at radius 3 is 2.44 bits per heavy atom. The van der Waals surface area contributed by atoms with Gasteiger partial charge in [-0.05, 0) is 19.1 Å². The lowest BCUT2D eigenvalue weighted by Crippen LogP contribution is -2.33. The lowest BCUT2D eigenvalue weighted by atomic mass is 10.3. The quantitative estimate of drug-likeness (QED) is 0.862. The van der Waals surface area contributed by atoms with E-state index in [1.165, 1.54) is 6.07 Å². The third kappa shape index (κ3) is 4.00. The summed E-state index contributed by atoms with van der Waals surface area (Å²) < 4.78 is 30.8. The summed E-state index contributed by atoms with van der Waals surface area (Å²) in [4.78, 5) is 22.2. The second-order valence-corrected chi connectivity index (χ2v) is 3.22. The van der Waals surface area contributed by atoms with E-state index in [9.17, 15) is 18.4 Å². The summed E-state index contributed by atoms with van der Waals surface area (Å²) >= 11 is 0. The van der Waals surface area contributed by atoms with Gasteiger partial charge in [0, 0.05) is 0 Å². The number of rotatable bonds is 4. The number of hydrogen-bond donors (Lipinski definition) is 2. The smallest absolute Gasteiger partial charge is 0.407 e. The molecule has 1 rings (SSSR count). The van der Waals surface area contributed by atoms with Gasteiger partial charge in [-0.1, -0.05) is 6.07 Å². The van der Waals surface area contributed by atoms with E-state index in [2.05, 4.69) is 10.1 Å². The highest BCUT2D eigenvalue weighted by Gasteiger charge is 2.12. The van der Waals surface area contributed by atoms with Gasteiger partial charge in [-0.2, -0.15) is 0 Å². The second kappa shape index (κ2) is 6.53. The van der Waals surface area contributed by atoms with Crippen molar-refractivity contribution in [3.8, 4) is 0 Å². The van der Waals surface area contributed by atoms with E-state index >= 15 is 0 Å². The third-order valence-electron chi connectivity index (χ3n) is 1.90. The molecular weight excluding hydrogens is 246 g/mol. The summed E-state index contributed by atoms with van der Waals surface area (Å²) in [7, 11) is 0. The zero-order valence-electron chi connectivity index (χ0n) is 9.63. The molecule has 0 fully saturated rings. The first-order valence-electron chi connectivity index (χ1n) is 5.19. The first-order valence-corrected chi connectivity index (χ1v) is 5.19. The van der Waals surface area contributed by atoms with Gasteiger partial charge < -0.3 is 15.4 Å². The van der Waals surface area contributed by atoms with Crippen molar-refractivity contribution in [2.45, 2.75) is 6.92 Å². The fourth-order valence-corrected chi connectivity index (χ4v) is 1.14. The van der Waals surface area contributed by atoms with Crippen molar-refractivity contribution < 1.29 is 23.1 Å². The average Bonchev–Trinajstić information content (AvgIpc) is 2.32. The van der Waals surface area contributed by atoms with Gasteiger partial charge in [0.05, 0.1) is 6.61 Å². The Balaban J connectivity index is 2.52. The molecule has 5 nitrogen and oxygen atoms in total. The molecule has 0 heterocycles. The number of para-hydroxylation sites is 1. The molecule has 0 saturated heterocycles. The number of amides is 2. The van der Waals surface area contributed by atoms with Crippen LogP contribution in [0, 0.1) is 11.6 Å². The molecule has 2 amide bonds. The van der Waals surface area contributed by atoms with E-state index in [0.29, 0.717) is 0 Å². The van der Waals surface area contributed by atoms with Crippen LogP contribution in [0.25, 0.3) is 0 Å². The van der Waals surface area contributed by atoms with Crippen LogP contribution in [0.2, 0.25) is 0 Å². The van der Waals surface area contributed by atoms with Crippen LogP contribution in [0.1, 0.15) is 6.92 Å². The molecule has 0 radical (unpaired) electrons. The molecule has 0 spiro atoms. The lowest BCUT2D eigenvalue weighted by Gasteiger charge is -2.08. The molecular formula is C11H12F2N2O3. The van der Waals surface area contributed by atoms with Gasteiger partial charge in [0.1, 0.15) is 23.9 Å². The SMILES string of the molecule is CCOC(=O)NCC(=O)Nc1c(F)cccc1F. The Hall–Kier alpha value is -2.18. The number of hydrogen-bond acceptors (Lipinski definition) is 3. The Morgan fingerprint density at radius 1 is 1.28 bits per heavy atom. The summed E-state index contributed by atoms with van der Waals surface area (Å²) in [5, 5.41) is 4.14. The summed E-state index contributed by atoms with van der Waals surface area (Å²) in [6.07, 6.45) is -0.776. The normalized spacial score (nSPS) is 9.72. The van der Waals surface area contributed by atoms with Crippen LogP contribution in [0.4, 0.5) is 19.3 Å². The molecule has 0 atom stereocenters. The monoisotopic (exact) mass is 258 g/mol. The first kappa shape index (κ1) is 13.9. The number of carbonyl (C=O) groups is 2. The molecule has 0 aliphatic rings. The molecule has 1 aromatic rings. The van der Waals surface area contributed by atoms with Crippen LogP contribution >= 0.6 is 0 Å².